The number of phosphoric acid groups is 2. The highest BCUT2D eigenvalue weighted by Crippen LogP contribution is 2.45. The van der Waals surface area contributed by atoms with Crippen molar-refractivity contribution in [1.29, 1.82) is 0 Å². The van der Waals surface area contributed by atoms with Crippen molar-refractivity contribution in [3.05, 3.63) is 122 Å². The zero-order chi connectivity index (χ0) is 72.3. The lowest BCUT2D eigenvalue weighted by atomic mass is 10.0. The highest BCUT2D eigenvalue weighted by Gasteiger charge is 2.29. The fourth-order valence-corrected chi connectivity index (χ4v) is 11.9. The molecule has 16 nitrogen and oxygen atoms in total. The van der Waals surface area contributed by atoms with E-state index in [2.05, 4.69) is 142 Å². The van der Waals surface area contributed by atoms with E-state index in [1.807, 2.05) is 0 Å². The summed E-state index contributed by atoms with van der Waals surface area (Å²) in [5, 5.41) is 20.6. The summed E-state index contributed by atoms with van der Waals surface area (Å²) in [5.74, 6) is -1.60. The van der Waals surface area contributed by atoms with Crippen LogP contribution in [0.15, 0.2) is 122 Å². The van der Waals surface area contributed by atoms with E-state index in [-0.39, 0.29) is 19.3 Å². The molecule has 0 aromatic rings. The third-order valence-corrected chi connectivity index (χ3v) is 18.1. The predicted molar refractivity (Wildman–Crippen MR) is 408 cm³/mol. The summed E-state index contributed by atoms with van der Waals surface area (Å²) in [6, 6.07) is 0. The number of carbonyl (C=O) groups excluding carboxylic acids is 3. The van der Waals surface area contributed by atoms with Gasteiger partial charge in [0, 0.05) is 19.3 Å². The first-order valence-electron chi connectivity index (χ1n) is 38.8. The van der Waals surface area contributed by atoms with Crippen LogP contribution in [-0.2, 0) is 55.8 Å². The molecule has 0 fully saturated rings. The molecule has 5 unspecified atom stereocenters. The highest BCUT2D eigenvalue weighted by atomic mass is 31.2. The fraction of sp³-hybridized carbons (Fsp3) is 0.716. The van der Waals surface area contributed by atoms with Gasteiger partial charge in [-0.25, -0.2) is 9.13 Å². The zero-order valence-electron chi connectivity index (χ0n) is 62.1. The van der Waals surface area contributed by atoms with E-state index in [4.69, 9.17) is 32.3 Å². The van der Waals surface area contributed by atoms with E-state index in [1.54, 1.807) is 0 Å². The van der Waals surface area contributed by atoms with Crippen molar-refractivity contribution in [2.24, 2.45) is 0 Å². The maximum Gasteiger partial charge on any atom is 0.472 e. The van der Waals surface area contributed by atoms with Gasteiger partial charge >= 0.3 is 33.6 Å². The number of allylic oxidation sites excluding steroid dienone is 20. The van der Waals surface area contributed by atoms with Crippen molar-refractivity contribution in [2.45, 2.75) is 334 Å². The molecule has 4 N–H and O–H groups in total. The molecule has 99 heavy (non-hydrogen) atoms. The quantitative estimate of drug-likeness (QED) is 0.0146. The fourth-order valence-electron chi connectivity index (χ4n) is 10.3. The number of phosphoric ester groups is 2. The summed E-state index contributed by atoms with van der Waals surface area (Å²) in [6.45, 7) is 2.42. The molecule has 0 aliphatic carbocycles. The molecule has 0 aromatic heterocycles. The van der Waals surface area contributed by atoms with Crippen molar-refractivity contribution in [3.8, 4) is 0 Å². The van der Waals surface area contributed by atoms with E-state index >= 15 is 0 Å². The standard InChI is InChI=1S/C81H140O16P2/c1-4-7-10-13-16-19-22-24-26-28-29-30-31-32-33-34-35-36-37-38-39-40-41-42-43-44-45-47-49-50-53-55-58-61-64-67-79(84)91-70-76(82)71-93-98(87,88)94-72-77(83)73-95-99(89,90)96-75-78(97-81(86)69-66-63-60-57-52-21-18-15-12-9-6-3)74-92-80(85)68-65-62-59-56-54-51-48-46-27-25-23-20-17-14-11-8-5-2/h7-8,10-11,16-17,19-20,24-27,29-30,32-33,35-36,48,51,76-78,82-83H,4-6,9,12-15,18,21-23,28,31,34,37-47,49-50,52-75H2,1-3H3,(H,87,88)(H,89,90)/b10-7-,11-8-,19-16-,20-17-,26-24-,27-25-,30-29-,33-32-,36-35-,51-48-. The van der Waals surface area contributed by atoms with Crippen LogP contribution in [0.5, 0.6) is 0 Å². The Labute approximate surface area is 602 Å². The van der Waals surface area contributed by atoms with Gasteiger partial charge in [0.1, 0.15) is 25.4 Å². The lowest BCUT2D eigenvalue weighted by Crippen LogP contribution is -2.30. The van der Waals surface area contributed by atoms with Crippen molar-refractivity contribution in [3.63, 3.8) is 0 Å². The third-order valence-electron chi connectivity index (χ3n) is 16.2. The van der Waals surface area contributed by atoms with Crippen LogP contribution in [0.4, 0.5) is 0 Å². The Morgan fingerprint density at radius 3 is 0.848 bits per heavy atom. The topological polar surface area (TPSA) is 231 Å². The van der Waals surface area contributed by atoms with Crippen LogP contribution in [0.25, 0.3) is 0 Å². The lowest BCUT2D eigenvalue weighted by molar-refractivity contribution is -0.161. The summed E-state index contributed by atoms with van der Waals surface area (Å²) in [7, 11) is -9.78. The van der Waals surface area contributed by atoms with E-state index in [0.29, 0.717) is 19.3 Å². The molecule has 0 saturated heterocycles. The largest absolute Gasteiger partial charge is 0.472 e. The van der Waals surface area contributed by atoms with Crippen LogP contribution in [-0.4, -0.2) is 95.9 Å². The molecule has 0 radical (unpaired) electrons. The Bertz CT molecular complexity index is 2290. The van der Waals surface area contributed by atoms with Gasteiger partial charge in [-0.3, -0.25) is 32.5 Å². The molecule has 0 heterocycles. The van der Waals surface area contributed by atoms with E-state index < -0.39 is 91.5 Å². The van der Waals surface area contributed by atoms with Crippen molar-refractivity contribution < 1.29 is 75.8 Å². The van der Waals surface area contributed by atoms with Crippen LogP contribution >= 0.6 is 15.6 Å². The molecule has 0 aliphatic rings. The predicted octanol–water partition coefficient (Wildman–Crippen LogP) is 22.5. The molecule has 0 aliphatic heterocycles. The average Bonchev–Trinajstić information content (AvgIpc) is 1.19. The molecular formula is C81H140O16P2. The first-order valence-corrected chi connectivity index (χ1v) is 41.8. The Kier molecular flexibility index (Phi) is 70.7. The molecule has 0 amide bonds. The molecule has 0 aromatic carbocycles. The van der Waals surface area contributed by atoms with Crippen LogP contribution < -0.4 is 0 Å². The maximum atomic E-state index is 12.9. The zero-order valence-corrected chi connectivity index (χ0v) is 63.9. The molecule has 570 valence electrons. The van der Waals surface area contributed by atoms with E-state index in [1.165, 1.54) is 122 Å². The molecule has 0 spiro atoms. The molecule has 5 atom stereocenters. The minimum Gasteiger partial charge on any atom is -0.463 e. The highest BCUT2D eigenvalue weighted by molar-refractivity contribution is 7.47. The molecule has 0 rings (SSSR count). The van der Waals surface area contributed by atoms with Gasteiger partial charge in [0.2, 0.25) is 0 Å². The van der Waals surface area contributed by atoms with Gasteiger partial charge in [0.15, 0.2) is 6.10 Å². The minimum absolute atomic E-state index is 0.101. The Balaban J connectivity index is 4.32. The van der Waals surface area contributed by atoms with Crippen molar-refractivity contribution in [2.75, 3.05) is 39.6 Å². The number of aliphatic hydroxyl groups excluding tert-OH is 2. The first-order chi connectivity index (χ1) is 48.2. The maximum absolute atomic E-state index is 12.9. The lowest BCUT2D eigenvalue weighted by Gasteiger charge is -2.21. The van der Waals surface area contributed by atoms with Gasteiger partial charge < -0.3 is 34.2 Å². The minimum atomic E-state index is -4.93. The molecule has 0 saturated carbocycles. The van der Waals surface area contributed by atoms with Gasteiger partial charge in [-0.1, -0.05) is 309 Å². The smallest absolute Gasteiger partial charge is 0.463 e. The van der Waals surface area contributed by atoms with Gasteiger partial charge in [0.25, 0.3) is 0 Å². The second kappa shape index (κ2) is 73.7. The molecular weight excluding hydrogens is 1290 g/mol. The van der Waals surface area contributed by atoms with E-state index in [0.717, 1.165) is 135 Å². The number of hydrogen-bond acceptors (Lipinski definition) is 14. The monoisotopic (exact) mass is 1430 g/mol. The number of esters is 3. The van der Waals surface area contributed by atoms with Crippen LogP contribution in [0.1, 0.15) is 316 Å². The number of ether oxygens (including phenoxy) is 3. The second-order valence-electron chi connectivity index (χ2n) is 25.8. The second-order valence-corrected chi connectivity index (χ2v) is 28.7. The average molecular weight is 1430 g/mol. The van der Waals surface area contributed by atoms with Crippen LogP contribution in [0, 0.1) is 0 Å². The normalized spacial score (nSPS) is 14.7. The summed E-state index contributed by atoms with van der Waals surface area (Å²) in [4.78, 5) is 58.4. The van der Waals surface area contributed by atoms with Crippen molar-refractivity contribution in [1.82, 2.24) is 0 Å². The number of hydrogen-bond donors (Lipinski definition) is 4. The van der Waals surface area contributed by atoms with Gasteiger partial charge in [0.05, 0.1) is 26.4 Å². The third kappa shape index (κ3) is 74.9. The summed E-state index contributed by atoms with van der Waals surface area (Å²) < 4.78 is 60.9. The Morgan fingerprint density at radius 2 is 0.535 bits per heavy atom. The number of aliphatic hydroxyl groups is 2. The number of rotatable bonds is 73. The van der Waals surface area contributed by atoms with Crippen LogP contribution in [0.3, 0.4) is 0 Å². The van der Waals surface area contributed by atoms with Gasteiger partial charge in [-0.2, -0.15) is 0 Å². The number of unbranched alkanes of at least 4 members (excludes halogenated alkanes) is 30. The summed E-state index contributed by atoms with van der Waals surface area (Å²) >= 11 is 0. The first kappa shape index (κ1) is 94.9. The Morgan fingerprint density at radius 1 is 0.293 bits per heavy atom. The Hall–Kier alpha value is -4.05. The van der Waals surface area contributed by atoms with Crippen LogP contribution in [0.2, 0.25) is 0 Å². The summed E-state index contributed by atoms with van der Waals surface area (Å²) in [6.07, 6.45) is 87.1. The van der Waals surface area contributed by atoms with Crippen molar-refractivity contribution >= 4 is 33.6 Å². The van der Waals surface area contributed by atoms with Gasteiger partial charge in [-0.05, 0) is 109 Å². The van der Waals surface area contributed by atoms with Gasteiger partial charge in [-0.15, -0.1) is 0 Å². The number of carbonyl (C=O) groups is 3. The summed E-state index contributed by atoms with van der Waals surface area (Å²) in [5.41, 5.74) is 0. The SMILES string of the molecule is CC/C=C\C/C=C\C/C=C\C/C=C\C/C=C\C/C=C\CCCCCCCCCCCCCCCCCCC(=O)OCC(O)COP(=O)(O)OCC(O)COP(=O)(O)OCC(COC(=O)CCCCCC/C=C\C/C=C\C/C=C\C/C=C\CC)OC(=O)CCCCCCCCCCCCC. The molecule has 0 bridgehead atoms. The van der Waals surface area contributed by atoms with E-state index in [9.17, 15) is 43.5 Å². The molecule has 18 heteroatoms.